The Kier molecular flexibility index (Phi) is 6.52. The van der Waals surface area contributed by atoms with Crippen molar-refractivity contribution in [3.05, 3.63) is 29.8 Å². The molecule has 1 heterocycles. The first-order valence-corrected chi connectivity index (χ1v) is 8.20. The van der Waals surface area contributed by atoms with E-state index < -0.39 is 0 Å². The first kappa shape index (κ1) is 16.3. The standard InChI is InChI=1S/C18H30N2O/c1-16-5-4-6-18(15-16)21-14-13-20-11-8-17(9-12-20)7-10-19(2)3/h4-6,15,17H,7-14H2,1-3H3. The van der Waals surface area contributed by atoms with E-state index in [1.807, 2.05) is 6.07 Å². The van der Waals surface area contributed by atoms with Crippen molar-refractivity contribution < 1.29 is 4.74 Å². The molecular weight excluding hydrogens is 260 g/mol. The van der Waals surface area contributed by atoms with Gasteiger partial charge in [0, 0.05) is 6.54 Å². The highest BCUT2D eigenvalue weighted by molar-refractivity contribution is 5.27. The van der Waals surface area contributed by atoms with Gasteiger partial charge in [0.1, 0.15) is 12.4 Å². The molecule has 0 amide bonds. The van der Waals surface area contributed by atoms with Crippen LogP contribution < -0.4 is 4.74 Å². The summed E-state index contributed by atoms with van der Waals surface area (Å²) >= 11 is 0. The maximum Gasteiger partial charge on any atom is 0.119 e. The van der Waals surface area contributed by atoms with Crippen molar-refractivity contribution in [2.45, 2.75) is 26.2 Å². The highest BCUT2D eigenvalue weighted by Gasteiger charge is 2.18. The number of aryl methyl sites for hydroxylation is 1. The molecule has 0 atom stereocenters. The largest absolute Gasteiger partial charge is 0.492 e. The molecule has 21 heavy (non-hydrogen) atoms. The summed E-state index contributed by atoms with van der Waals surface area (Å²) in [4.78, 5) is 4.84. The van der Waals surface area contributed by atoms with Gasteiger partial charge in [0.05, 0.1) is 0 Å². The van der Waals surface area contributed by atoms with Crippen molar-refractivity contribution in [2.75, 3.05) is 46.9 Å². The van der Waals surface area contributed by atoms with E-state index in [4.69, 9.17) is 4.74 Å². The summed E-state index contributed by atoms with van der Waals surface area (Å²) in [7, 11) is 4.33. The maximum atomic E-state index is 5.85. The summed E-state index contributed by atoms with van der Waals surface area (Å²) in [5.74, 6) is 1.91. The lowest BCUT2D eigenvalue weighted by Gasteiger charge is -2.32. The van der Waals surface area contributed by atoms with Crippen LogP contribution in [0.15, 0.2) is 24.3 Å². The highest BCUT2D eigenvalue weighted by atomic mass is 16.5. The summed E-state index contributed by atoms with van der Waals surface area (Å²) in [6, 6.07) is 8.31. The van der Waals surface area contributed by atoms with E-state index in [2.05, 4.69) is 49.0 Å². The summed E-state index contributed by atoms with van der Waals surface area (Å²) in [5, 5.41) is 0. The molecule has 0 N–H and O–H groups in total. The summed E-state index contributed by atoms with van der Waals surface area (Å²) in [6.45, 7) is 7.64. The van der Waals surface area contributed by atoms with Gasteiger partial charge in [-0.05, 0) is 83.5 Å². The van der Waals surface area contributed by atoms with E-state index in [9.17, 15) is 0 Å². The first-order chi connectivity index (χ1) is 10.1. The van der Waals surface area contributed by atoms with Crippen molar-refractivity contribution >= 4 is 0 Å². The van der Waals surface area contributed by atoms with Crippen LogP contribution in [0.25, 0.3) is 0 Å². The predicted octanol–water partition coefficient (Wildman–Crippen LogP) is 3.04. The maximum absolute atomic E-state index is 5.85. The Labute approximate surface area is 129 Å². The number of hydrogen-bond acceptors (Lipinski definition) is 3. The summed E-state index contributed by atoms with van der Waals surface area (Å²) in [5.41, 5.74) is 1.26. The van der Waals surface area contributed by atoms with Crippen LogP contribution in [-0.2, 0) is 0 Å². The van der Waals surface area contributed by atoms with Crippen LogP contribution in [0, 0.1) is 12.8 Å². The van der Waals surface area contributed by atoms with Gasteiger partial charge >= 0.3 is 0 Å². The third kappa shape index (κ3) is 6.06. The number of rotatable bonds is 7. The molecule has 0 aromatic heterocycles. The molecule has 1 saturated heterocycles. The van der Waals surface area contributed by atoms with Crippen molar-refractivity contribution in [3.63, 3.8) is 0 Å². The Balaban J connectivity index is 1.60. The third-order valence-corrected chi connectivity index (χ3v) is 4.36. The van der Waals surface area contributed by atoms with E-state index in [1.165, 1.54) is 44.5 Å². The molecule has 1 aliphatic rings. The average molecular weight is 290 g/mol. The quantitative estimate of drug-likeness (QED) is 0.767. The molecule has 0 saturated carbocycles. The van der Waals surface area contributed by atoms with Gasteiger partial charge in [-0.25, -0.2) is 0 Å². The zero-order valence-corrected chi connectivity index (χ0v) is 13.8. The third-order valence-electron chi connectivity index (χ3n) is 4.36. The number of benzene rings is 1. The molecule has 118 valence electrons. The molecule has 3 heteroatoms. The molecule has 1 fully saturated rings. The molecule has 0 unspecified atom stereocenters. The molecular formula is C18H30N2O. The van der Waals surface area contributed by atoms with Crippen molar-refractivity contribution in [2.24, 2.45) is 5.92 Å². The van der Waals surface area contributed by atoms with Gasteiger partial charge in [0.2, 0.25) is 0 Å². The zero-order chi connectivity index (χ0) is 15.1. The Hall–Kier alpha value is -1.06. The van der Waals surface area contributed by atoms with Crippen LogP contribution in [0.5, 0.6) is 5.75 Å². The topological polar surface area (TPSA) is 15.7 Å². The van der Waals surface area contributed by atoms with Crippen LogP contribution in [0.4, 0.5) is 0 Å². The van der Waals surface area contributed by atoms with Crippen molar-refractivity contribution in [1.82, 2.24) is 9.80 Å². The van der Waals surface area contributed by atoms with Gasteiger partial charge in [-0.1, -0.05) is 12.1 Å². The predicted molar refractivity (Wildman–Crippen MR) is 89.0 cm³/mol. The van der Waals surface area contributed by atoms with Gasteiger partial charge in [0.15, 0.2) is 0 Å². The number of hydrogen-bond donors (Lipinski definition) is 0. The fourth-order valence-electron chi connectivity index (χ4n) is 2.94. The van der Waals surface area contributed by atoms with E-state index in [0.29, 0.717) is 0 Å². The van der Waals surface area contributed by atoms with Gasteiger partial charge < -0.3 is 9.64 Å². The fourth-order valence-corrected chi connectivity index (χ4v) is 2.94. The SMILES string of the molecule is Cc1cccc(OCCN2CCC(CCN(C)C)CC2)c1. The van der Waals surface area contributed by atoms with Gasteiger partial charge in [-0.15, -0.1) is 0 Å². The second kappa shape index (κ2) is 8.40. The van der Waals surface area contributed by atoms with E-state index in [-0.39, 0.29) is 0 Å². The molecule has 0 aliphatic carbocycles. The number of nitrogens with zero attached hydrogens (tertiary/aromatic N) is 2. The Morgan fingerprint density at radius 3 is 2.67 bits per heavy atom. The van der Waals surface area contributed by atoms with E-state index in [1.54, 1.807) is 0 Å². The summed E-state index contributed by atoms with van der Waals surface area (Å²) in [6.07, 6.45) is 4.04. The van der Waals surface area contributed by atoms with Gasteiger partial charge in [0.25, 0.3) is 0 Å². The molecule has 3 nitrogen and oxygen atoms in total. The number of ether oxygens (including phenoxy) is 1. The van der Waals surface area contributed by atoms with Crippen LogP contribution >= 0.6 is 0 Å². The molecule has 2 rings (SSSR count). The van der Waals surface area contributed by atoms with Gasteiger partial charge in [-0.2, -0.15) is 0 Å². The molecule has 1 aromatic rings. The number of piperidine rings is 1. The average Bonchev–Trinajstić information content (AvgIpc) is 2.46. The zero-order valence-electron chi connectivity index (χ0n) is 13.8. The van der Waals surface area contributed by atoms with Crippen LogP contribution in [0.3, 0.4) is 0 Å². The fraction of sp³-hybridized carbons (Fsp3) is 0.667. The van der Waals surface area contributed by atoms with E-state index in [0.717, 1.165) is 24.8 Å². The minimum atomic E-state index is 0.797. The van der Waals surface area contributed by atoms with Crippen molar-refractivity contribution in [1.29, 1.82) is 0 Å². The Morgan fingerprint density at radius 2 is 2.00 bits per heavy atom. The normalized spacial score (nSPS) is 17.3. The minimum absolute atomic E-state index is 0.797. The van der Waals surface area contributed by atoms with Crippen molar-refractivity contribution in [3.8, 4) is 5.75 Å². The monoisotopic (exact) mass is 290 g/mol. The minimum Gasteiger partial charge on any atom is -0.492 e. The molecule has 1 aromatic carbocycles. The molecule has 1 aliphatic heterocycles. The van der Waals surface area contributed by atoms with E-state index >= 15 is 0 Å². The number of likely N-dealkylation sites (tertiary alicyclic amines) is 1. The van der Waals surface area contributed by atoms with Crippen LogP contribution in [0.2, 0.25) is 0 Å². The summed E-state index contributed by atoms with van der Waals surface area (Å²) < 4.78 is 5.85. The Morgan fingerprint density at radius 1 is 1.24 bits per heavy atom. The Bertz CT molecular complexity index is 411. The molecule has 0 bridgehead atoms. The van der Waals surface area contributed by atoms with Crippen LogP contribution in [0.1, 0.15) is 24.8 Å². The lowest BCUT2D eigenvalue weighted by Crippen LogP contribution is -2.37. The lowest BCUT2D eigenvalue weighted by atomic mass is 9.93. The second-order valence-electron chi connectivity index (χ2n) is 6.54. The molecule has 0 spiro atoms. The highest BCUT2D eigenvalue weighted by Crippen LogP contribution is 2.20. The first-order valence-electron chi connectivity index (χ1n) is 8.20. The van der Waals surface area contributed by atoms with Crippen LogP contribution in [-0.4, -0.2) is 56.7 Å². The second-order valence-corrected chi connectivity index (χ2v) is 6.54. The molecule has 0 radical (unpaired) electrons. The lowest BCUT2D eigenvalue weighted by molar-refractivity contribution is 0.147. The smallest absolute Gasteiger partial charge is 0.119 e. The van der Waals surface area contributed by atoms with Gasteiger partial charge in [-0.3, -0.25) is 4.90 Å².